The summed E-state index contributed by atoms with van der Waals surface area (Å²) in [6.07, 6.45) is 1.18. The van der Waals surface area contributed by atoms with Crippen LogP contribution in [-0.4, -0.2) is 37.2 Å². The monoisotopic (exact) mass is 259 g/mol. The van der Waals surface area contributed by atoms with E-state index in [4.69, 9.17) is 0 Å². The average Bonchev–Trinajstić information content (AvgIpc) is 2.13. The zero-order valence-corrected chi connectivity index (χ0v) is 10.7. The standard InChI is InChI=1S/C11H17NO4S/c1-8(12-3-4-17(2,15)16)9-5-10(13)7-11(14)6-9/h5-8,12-14H,3-4H2,1-2H3. The van der Waals surface area contributed by atoms with Crippen molar-refractivity contribution in [2.75, 3.05) is 18.6 Å². The van der Waals surface area contributed by atoms with Crippen LogP contribution >= 0.6 is 0 Å². The van der Waals surface area contributed by atoms with Gasteiger partial charge in [0.1, 0.15) is 21.3 Å². The minimum Gasteiger partial charge on any atom is -0.508 e. The number of rotatable bonds is 5. The van der Waals surface area contributed by atoms with Crippen molar-refractivity contribution in [1.29, 1.82) is 0 Å². The van der Waals surface area contributed by atoms with Gasteiger partial charge in [-0.2, -0.15) is 0 Å². The SMILES string of the molecule is CC(NCCS(C)(=O)=O)c1cc(O)cc(O)c1. The fraction of sp³-hybridized carbons (Fsp3) is 0.455. The second-order valence-corrected chi connectivity index (χ2v) is 6.35. The Kier molecular flexibility index (Phi) is 4.36. The van der Waals surface area contributed by atoms with Crippen molar-refractivity contribution >= 4 is 9.84 Å². The summed E-state index contributed by atoms with van der Waals surface area (Å²) in [5.74, 6) is 0.0239. The van der Waals surface area contributed by atoms with Gasteiger partial charge in [0.25, 0.3) is 0 Å². The van der Waals surface area contributed by atoms with Gasteiger partial charge in [-0.15, -0.1) is 0 Å². The summed E-state index contributed by atoms with van der Waals surface area (Å²) in [5, 5.41) is 21.6. The number of nitrogens with one attached hydrogen (secondary N) is 1. The Labute approximate surface area is 101 Å². The molecule has 96 valence electrons. The first-order chi connectivity index (χ1) is 7.78. The van der Waals surface area contributed by atoms with Gasteiger partial charge in [0.15, 0.2) is 0 Å². The zero-order chi connectivity index (χ0) is 13.1. The Balaban J connectivity index is 2.61. The molecule has 0 aromatic heterocycles. The summed E-state index contributed by atoms with van der Waals surface area (Å²) in [6.45, 7) is 2.16. The van der Waals surface area contributed by atoms with Crippen molar-refractivity contribution in [3.63, 3.8) is 0 Å². The van der Waals surface area contributed by atoms with Crippen molar-refractivity contribution < 1.29 is 18.6 Å². The number of aromatic hydroxyl groups is 2. The number of phenols is 2. The maximum Gasteiger partial charge on any atom is 0.148 e. The number of sulfone groups is 1. The van der Waals surface area contributed by atoms with Crippen LogP contribution in [0.5, 0.6) is 11.5 Å². The molecule has 0 radical (unpaired) electrons. The number of benzene rings is 1. The largest absolute Gasteiger partial charge is 0.508 e. The minimum absolute atomic E-state index is 0.0169. The highest BCUT2D eigenvalue weighted by Gasteiger charge is 2.09. The van der Waals surface area contributed by atoms with E-state index in [2.05, 4.69) is 5.32 Å². The van der Waals surface area contributed by atoms with E-state index in [1.807, 2.05) is 6.92 Å². The van der Waals surface area contributed by atoms with Crippen molar-refractivity contribution in [3.8, 4) is 11.5 Å². The summed E-state index contributed by atoms with van der Waals surface area (Å²) in [6, 6.07) is 4.15. The normalized spacial score (nSPS) is 13.5. The molecule has 1 unspecified atom stereocenters. The molecule has 0 saturated heterocycles. The number of hydrogen-bond donors (Lipinski definition) is 3. The molecule has 1 aromatic carbocycles. The van der Waals surface area contributed by atoms with Crippen molar-refractivity contribution in [3.05, 3.63) is 23.8 Å². The van der Waals surface area contributed by atoms with E-state index in [1.165, 1.54) is 24.5 Å². The highest BCUT2D eigenvalue weighted by Crippen LogP contribution is 2.24. The third-order valence-corrected chi connectivity index (χ3v) is 3.29. The fourth-order valence-corrected chi connectivity index (χ4v) is 1.94. The Bertz CT molecular complexity index is 464. The molecule has 1 aromatic rings. The molecule has 0 heterocycles. The summed E-state index contributed by atoms with van der Waals surface area (Å²) < 4.78 is 21.9. The molecule has 0 bridgehead atoms. The van der Waals surface area contributed by atoms with Crippen molar-refractivity contribution in [2.24, 2.45) is 0 Å². The number of hydrogen-bond acceptors (Lipinski definition) is 5. The highest BCUT2D eigenvalue weighted by molar-refractivity contribution is 7.90. The molecular formula is C11H17NO4S. The Morgan fingerprint density at radius 2 is 1.76 bits per heavy atom. The molecule has 0 spiro atoms. The molecule has 0 aliphatic rings. The fourth-order valence-electron chi connectivity index (χ4n) is 1.45. The Morgan fingerprint density at radius 1 is 1.24 bits per heavy atom. The van der Waals surface area contributed by atoms with Gasteiger partial charge in [-0.3, -0.25) is 0 Å². The van der Waals surface area contributed by atoms with Gasteiger partial charge in [0.05, 0.1) is 5.75 Å². The predicted molar refractivity (Wildman–Crippen MR) is 65.9 cm³/mol. The van der Waals surface area contributed by atoms with Gasteiger partial charge in [-0.1, -0.05) is 0 Å². The second kappa shape index (κ2) is 5.37. The van der Waals surface area contributed by atoms with Gasteiger partial charge in [0.2, 0.25) is 0 Å². The van der Waals surface area contributed by atoms with Gasteiger partial charge in [0, 0.05) is 24.9 Å². The third-order valence-electron chi connectivity index (χ3n) is 2.35. The minimum atomic E-state index is -2.98. The van der Waals surface area contributed by atoms with Crippen LogP contribution < -0.4 is 5.32 Å². The average molecular weight is 259 g/mol. The van der Waals surface area contributed by atoms with Crippen LogP contribution in [0.2, 0.25) is 0 Å². The molecule has 0 saturated carbocycles. The van der Waals surface area contributed by atoms with Crippen molar-refractivity contribution in [2.45, 2.75) is 13.0 Å². The molecule has 6 heteroatoms. The molecule has 1 rings (SSSR count). The lowest BCUT2D eigenvalue weighted by Gasteiger charge is -2.14. The first-order valence-corrected chi connectivity index (χ1v) is 7.28. The summed E-state index contributed by atoms with van der Waals surface area (Å²) in [4.78, 5) is 0. The van der Waals surface area contributed by atoms with E-state index < -0.39 is 9.84 Å². The molecular weight excluding hydrogens is 242 g/mol. The van der Waals surface area contributed by atoms with Crippen LogP contribution in [0.15, 0.2) is 18.2 Å². The zero-order valence-electron chi connectivity index (χ0n) is 9.84. The lowest BCUT2D eigenvalue weighted by atomic mass is 10.1. The van der Waals surface area contributed by atoms with E-state index in [-0.39, 0.29) is 23.3 Å². The maximum atomic E-state index is 10.9. The van der Waals surface area contributed by atoms with Crippen LogP contribution in [-0.2, 0) is 9.84 Å². The summed E-state index contributed by atoms with van der Waals surface area (Å²) in [5.41, 5.74) is 0.705. The van der Waals surface area contributed by atoms with Crippen LogP contribution in [0.4, 0.5) is 0 Å². The lowest BCUT2D eigenvalue weighted by molar-refractivity contribution is 0.446. The van der Waals surface area contributed by atoms with Crippen LogP contribution in [0, 0.1) is 0 Å². The highest BCUT2D eigenvalue weighted by atomic mass is 32.2. The van der Waals surface area contributed by atoms with E-state index in [0.717, 1.165) is 0 Å². The maximum absolute atomic E-state index is 10.9. The molecule has 3 N–H and O–H groups in total. The van der Waals surface area contributed by atoms with Crippen LogP contribution in [0.1, 0.15) is 18.5 Å². The van der Waals surface area contributed by atoms with Crippen LogP contribution in [0.3, 0.4) is 0 Å². The van der Waals surface area contributed by atoms with E-state index in [0.29, 0.717) is 12.1 Å². The first-order valence-electron chi connectivity index (χ1n) is 5.22. The second-order valence-electron chi connectivity index (χ2n) is 4.09. The summed E-state index contributed by atoms with van der Waals surface area (Å²) >= 11 is 0. The van der Waals surface area contributed by atoms with Gasteiger partial charge in [-0.25, -0.2) is 8.42 Å². The lowest BCUT2D eigenvalue weighted by Crippen LogP contribution is -2.25. The van der Waals surface area contributed by atoms with Crippen molar-refractivity contribution in [1.82, 2.24) is 5.32 Å². The molecule has 0 fully saturated rings. The molecule has 17 heavy (non-hydrogen) atoms. The number of phenolic OH excluding ortho intramolecular Hbond substituents is 2. The van der Waals surface area contributed by atoms with E-state index in [9.17, 15) is 18.6 Å². The van der Waals surface area contributed by atoms with E-state index in [1.54, 1.807) is 0 Å². The van der Waals surface area contributed by atoms with Gasteiger partial charge in [-0.05, 0) is 24.6 Å². The molecule has 0 amide bonds. The summed E-state index contributed by atoms with van der Waals surface area (Å²) in [7, 11) is -2.98. The van der Waals surface area contributed by atoms with E-state index >= 15 is 0 Å². The molecule has 0 aliphatic heterocycles. The Morgan fingerprint density at radius 3 is 2.24 bits per heavy atom. The smallest absolute Gasteiger partial charge is 0.148 e. The van der Waals surface area contributed by atoms with Crippen LogP contribution in [0.25, 0.3) is 0 Å². The first kappa shape index (κ1) is 13.8. The Hall–Kier alpha value is -1.27. The molecule has 1 atom stereocenters. The van der Waals surface area contributed by atoms with Gasteiger partial charge >= 0.3 is 0 Å². The third kappa shape index (κ3) is 5.06. The topological polar surface area (TPSA) is 86.6 Å². The van der Waals surface area contributed by atoms with Gasteiger partial charge < -0.3 is 15.5 Å². The molecule has 0 aliphatic carbocycles. The molecule has 5 nitrogen and oxygen atoms in total. The quantitative estimate of drug-likeness (QED) is 0.728. The predicted octanol–water partition coefficient (Wildman–Crippen LogP) is 0.793.